The van der Waals surface area contributed by atoms with Gasteiger partial charge in [0.15, 0.2) is 17.4 Å². The van der Waals surface area contributed by atoms with E-state index in [1.165, 1.54) is 24.6 Å². The summed E-state index contributed by atoms with van der Waals surface area (Å²) in [5.41, 5.74) is 0.638. The molecule has 2 bridgehead atoms. The molecule has 4 unspecified atom stereocenters. The second kappa shape index (κ2) is 9.53. The first kappa shape index (κ1) is 27.2. The number of carbonyl (C=O) groups excluding carboxylic acids is 1. The smallest absolute Gasteiger partial charge is 0.287 e. The van der Waals surface area contributed by atoms with E-state index in [1.54, 1.807) is 11.0 Å². The molecule has 214 valence electrons. The second-order valence-electron chi connectivity index (χ2n) is 10.6. The fourth-order valence-electron chi connectivity index (χ4n) is 6.54. The van der Waals surface area contributed by atoms with Crippen LogP contribution in [0.4, 0.5) is 9.39 Å². The number of methoxy groups -OCH3 is 1. The number of amidine groups is 1. The van der Waals surface area contributed by atoms with Crippen LogP contribution in [0.15, 0.2) is 44.2 Å². The van der Waals surface area contributed by atoms with Crippen LogP contribution in [0.1, 0.15) is 30.4 Å². The number of nitrogens with one attached hydrogen (secondary N) is 2. The average Bonchev–Trinajstić information content (AvgIpc) is 3.61. The molecule has 0 saturated heterocycles. The Hall–Kier alpha value is -3.01. The fraction of sp³-hybridized carbons (Fsp3) is 0.440. The number of benzene rings is 1. The summed E-state index contributed by atoms with van der Waals surface area (Å²) in [4.78, 5) is 15.5. The highest BCUT2D eigenvalue weighted by Gasteiger charge is 2.57. The number of thiophene rings is 1. The highest BCUT2D eigenvalue weighted by molar-refractivity contribution is 7.91. The molecule has 2 aliphatic heterocycles. The van der Waals surface area contributed by atoms with E-state index in [1.807, 2.05) is 0 Å². The van der Waals surface area contributed by atoms with Gasteiger partial charge >= 0.3 is 0 Å². The predicted molar refractivity (Wildman–Crippen MR) is 146 cm³/mol. The molecule has 15 heteroatoms. The van der Waals surface area contributed by atoms with Crippen molar-refractivity contribution in [2.45, 2.75) is 43.3 Å². The Morgan fingerprint density at radius 1 is 1.30 bits per heavy atom. The normalized spacial score (nSPS) is 26.8. The van der Waals surface area contributed by atoms with E-state index >= 15 is 0 Å². The minimum absolute atomic E-state index is 0.0425. The van der Waals surface area contributed by atoms with Gasteiger partial charge in [-0.1, -0.05) is 6.07 Å². The van der Waals surface area contributed by atoms with Crippen LogP contribution in [0.2, 0.25) is 0 Å². The third-order valence-electron chi connectivity index (χ3n) is 8.13. The van der Waals surface area contributed by atoms with Gasteiger partial charge in [-0.3, -0.25) is 4.79 Å². The number of amides is 1. The number of halogens is 1. The maximum Gasteiger partial charge on any atom is 0.287 e. The molecular weight excluding hydrogens is 583 g/mol. The third kappa shape index (κ3) is 4.48. The number of carbonyl (C=O) groups is 1. The molecule has 1 amide bonds. The summed E-state index contributed by atoms with van der Waals surface area (Å²) >= 11 is 1.03. The van der Waals surface area contributed by atoms with Crippen LogP contribution in [0.25, 0.3) is 0 Å². The van der Waals surface area contributed by atoms with Crippen LogP contribution < -0.4 is 14.8 Å². The lowest BCUT2D eigenvalue weighted by molar-refractivity contribution is -0.134. The Labute approximate surface area is 234 Å². The number of aliphatic hydroxyl groups excluding tert-OH is 1. The van der Waals surface area contributed by atoms with Gasteiger partial charge in [0.1, 0.15) is 21.2 Å². The zero-order valence-corrected chi connectivity index (χ0v) is 24.0. The number of aliphatic hydroxyl groups is 1. The van der Waals surface area contributed by atoms with E-state index in [2.05, 4.69) is 14.4 Å². The molecule has 0 spiro atoms. The van der Waals surface area contributed by atoms with E-state index in [-0.39, 0.29) is 75.3 Å². The first-order valence-electron chi connectivity index (χ1n) is 12.6. The summed E-state index contributed by atoms with van der Waals surface area (Å²) < 4.78 is 75.0. The van der Waals surface area contributed by atoms with Crippen LogP contribution in [0.3, 0.4) is 0 Å². The Bertz CT molecular complexity index is 1700. The van der Waals surface area contributed by atoms with Crippen molar-refractivity contribution in [1.82, 2.24) is 9.62 Å². The zero-order valence-electron chi connectivity index (χ0n) is 21.5. The highest BCUT2D eigenvalue weighted by Crippen LogP contribution is 2.55. The third-order valence-corrected chi connectivity index (χ3v) is 11.3. The van der Waals surface area contributed by atoms with Gasteiger partial charge in [-0.15, -0.1) is 15.7 Å². The lowest BCUT2D eigenvalue weighted by atomic mass is 9.77. The number of ether oxygens (including phenoxy) is 1. The van der Waals surface area contributed by atoms with E-state index in [0.717, 1.165) is 36.9 Å². The van der Waals surface area contributed by atoms with Gasteiger partial charge in [-0.05, 0) is 54.2 Å². The van der Waals surface area contributed by atoms with Crippen molar-refractivity contribution in [3.63, 3.8) is 0 Å². The molecule has 2 aromatic rings. The summed E-state index contributed by atoms with van der Waals surface area (Å²) in [5.74, 6) is -1.57. The molecule has 2 aliphatic carbocycles. The first-order valence-corrected chi connectivity index (χ1v) is 16.8. The van der Waals surface area contributed by atoms with Gasteiger partial charge in [0.05, 0.1) is 13.4 Å². The van der Waals surface area contributed by atoms with Crippen molar-refractivity contribution in [3.8, 4) is 5.75 Å². The van der Waals surface area contributed by atoms with Crippen molar-refractivity contribution in [3.05, 3.63) is 51.9 Å². The summed E-state index contributed by atoms with van der Waals surface area (Å²) in [7, 11) is -6.56. The Kier molecular flexibility index (Phi) is 6.48. The lowest BCUT2D eigenvalue weighted by Gasteiger charge is -2.44. The van der Waals surface area contributed by atoms with Crippen molar-refractivity contribution in [2.24, 2.45) is 22.2 Å². The Balaban J connectivity index is 1.39. The highest BCUT2D eigenvalue weighted by atomic mass is 32.2. The lowest BCUT2D eigenvalue weighted by Crippen LogP contribution is -2.53. The van der Waals surface area contributed by atoms with Gasteiger partial charge in [0, 0.05) is 30.6 Å². The van der Waals surface area contributed by atoms with Crippen LogP contribution in [-0.2, 0) is 37.9 Å². The molecule has 6 rings (SSSR count). The topological polar surface area (TPSA) is 154 Å². The largest absolute Gasteiger partial charge is 0.511 e. The molecule has 1 aromatic heterocycles. The van der Waals surface area contributed by atoms with Crippen molar-refractivity contribution < 1.29 is 35.9 Å². The van der Waals surface area contributed by atoms with E-state index < -0.39 is 31.8 Å². The number of rotatable bonds is 7. The standard InChI is InChI=1S/C25H27FN4O7S3/c1-37-17-7-12(3-6-16(17)26)10-30-20-14-5-4-13(8-14)18(20)21(31)19(25(30)32)23-28-24-22(40(35,36)29-23)15(11-38-24)9-27-39(2,33)34/h3,6-7,11,13-14,18,20,27,31H,4-5,8-10H2,1-2H3,(H,28,29). The quantitative estimate of drug-likeness (QED) is 0.433. The molecule has 2 fully saturated rings. The van der Waals surface area contributed by atoms with Crippen LogP contribution >= 0.6 is 11.3 Å². The van der Waals surface area contributed by atoms with Gasteiger partial charge in [0.25, 0.3) is 15.9 Å². The van der Waals surface area contributed by atoms with Gasteiger partial charge < -0.3 is 20.1 Å². The summed E-state index contributed by atoms with van der Waals surface area (Å²) in [6, 6.07) is 4.07. The first-order chi connectivity index (χ1) is 18.9. The molecule has 40 heavy (non-hydrogen) atoms. The Morgan fingerprint density at radius 3 is 2.77 bits per heavy atom. The van der Waals surface area contributed by atoms with E-state index in [4.69, 9.17) is 4.74 Å². The maximum atomic E-state index is 14.1. The minimum atomic E-state index is -4.34. The molecule has 4 atom stereocenters. The van der Waals surface area contributed by atoms with Gasteiger partial charge in [0.2, 0.25) is 10.0 Å². The van der Waals surface area contributed by atoms with Crippen molar-refractivity contribution in [1.29, 1.82) is 0 Å². The predicted octanol–water partition coefficient (Wildman–Crippen LogP) is 2.73. The van der Waals surface area contributed by atoms with E-state index in [9.17, 15) is 31.1 Å². The molecule has 2 saturated carbocycles. The maximum absolute atomic E-state index is 14.1. The molecular formula is C25H27FN4O7S3. The molecule has 4 aliphatic rings. The summed E-state index contributed by atoms with van der Waals surface area (Å²) in [6.07, 6.45) is 3.61. The molecule has 3 heterocycles. The number of sulfonamides is 2. The number of nitrogens with zero attached hydrogens (tertiary/aromatic N) is 2. The molecule has 0 radical (unpaired) electrons. The number of hydrogen-bond donors (Lipinski definition) is 3. The Morgan fingerprint density at radius 2 is 2.05 bits per heavy atom. The average molecular weight is 611 g/mol. The van der Waals surface area contributed by atoms with Crippen LogP contribution in [0, 0.1) is 23.6 Å². The summed E-state index contributed by atoms with van der Waals surface area (Å²) in [6.45, 7) is -0.132. The molecule has 3 N–H and O–H groups in total. The van der Waals surface area contributed by atoms with Crippen LogP contribution in [0.5, 0.6) is 5.75 Å². The van der Waals surface area contributed by atoms with E-state index in [0.29, 0.717) is 5.56 Å². The van der Waals surface area contributed by atoms with Crippen molar-refractivity contribution >= 4 is 48.1 Å². The number of anilines is 1. The SMILES string of the molecule is COc1cc(CN2C(=O)C(C3=NS(=O)(=O)c4c(CNS(C)(=O)=O)csc4N3)=C(O)C3C4CCC(C4)C32)ccc1F. The molecule has 11 nitrogen and oxygen atoms in total. The van der Waals surface area contributed by atoms with Crippen molar-refractivity contribution in [2.75, 3.05) is 18.7 Å². The monoisotopic (exact) mass is 610 g/mol. The summed E-state index contributed by atoms with van der Waals surface area (Å²) in [5, 5.41) is 16.0. The van der Waals surface area contributed by atoms with Gasteiger partial charge in [-0.2, -0.15) is 8.42 Å². The fourth-order valence-corrected chi connectivity index (χ4v) is 9.56. The number of fused-ring (bicyclic) bond motifs is 6. The van der Waals surface area contributed by atoms with Gasteiger partial charge in [-0.25, -0.2) is 17.5 Å². The minimum Gasteiger partial charge on any atom is -0.511 e. The van der Waals surface area contributed by atoms with Crippen LogP contribution in [-0.4, -0.2) is 58.0 Å². The molecule has 1 aromatic carbocycles. The zero-order chi connectivity index (χ0) is 28.6. The number of hydrogen-bond acceptors (Lipinski definition) is 9. The second-order valence-corrected chi connectivity index (χ2v) is 14.8.